The monoisotopic (exact) mass is 264 g/mol. The zero-order valence-electron chi connectivity index (χ0n) is 12.0. The van der Waals surface area contributed by atoms with Crippen LogP contribution in [0.5, 0.6) is 0 Å². The Morgan fingerprint density at radius 2 is 1.45 bits per heavy atom. The molecule has 1 aliphatic rings. The van der Waals surface area contributed by atoms with Gasteiger partial charge in [-0.25, -0.2) is 0 Å². The van der Waals surface area contributed by atoms with Gasteiger partial charge in [0.25, 0.3) is 12.4 Å². The summed E-state index contributed by atoms with van der Waals surface area (Å²) >= 11 is 0. The van der Waals surface area contributed by atoms with Crippen molar-refractivity contribution in [2.75, 3.05) is 0 Å². The quantitative estimate of drug-likeness (QED) is 0.750. The number of nitrogens with zero attached hydrogens (tertiary/aromatic N) is 1. The van der Waals surface area contributed by atoms with E-state index in [2.05, 4.69) is 49.1 Å². The molecule has 2 nitrogen and oxygen atoms in total. The van der Waals surface area contributed by atoms with Gasteiger partial charge in [-0.05, 0) is 43.7 Å². The predicted octanol–water partition coefficient (Wildman–Crippen LogP) is 2.18. The van der Waals surface area contributed by atoms with Gasteiger partial charge in [0.05, 0.1) is 0 Å². The molecule has 2 heteroatoms. The number of aryl methyl sites for hydroxylation is 2. The fourth-order valence-corrected chi connectivity index (χ4v) is 1.98. The Balaban J connectivity index is 2.37. The molecular formula is C18H20N2+2. The highest BCUT2D eigenvalue weighted by atomic mass is 15.1. The van der Waals surface area contributed by atoms with Crippen molar-refractivity contribution in [3.05, 3.63) is 78.2 Å². The van der Waals surface area contributed by atoms with E-state index in [-0.39, 0.29) is 0 Å². The Hall–Kier alpha value is -2.41. The second-order valence-corrected chi connectivity index (χ2v) is 4.71. The van der Waals surface area contributed by atoms with Crippen LogP contribution >= 0.6 is 0 Å². The number of benzene rings is 1. The van der Waals surface area contributed by atoms with Crippen molar-refractivity contribution in [1.29, 1.82) is 0 Å². The Kier molecular flexibility index (Phi) is 5.08. The molecule has 0 aliphatic carbocycles. The van der Waals surface area contributed by atoms with E-state index in [0.29, 0.717) is 0 Å². The average molecular weight is 264 g/mol. The maximum atomic E-state index is 4.11. The van der Waals surface area contributed by atoms with Crippen molar-refractivity contribution in [3.63, 3.8) is 0 Å². The number of hydrogen-bond acceptors (Lipinski definition) is 0. The lowest BCUT2D eigenvalue weighted by molar-refractivity contribution is -0.713. The van der Waals surface area contributed by atoms with Crippen LogP contribution in [0.3, 0.4) is 0 Å². The van der Waals surface area contributed by atoms with E-state index in [1.807, 2.05) is 36.5 Å². The van der Waals surface area contributed by atoms with Gasteiger partial charge in [-0.1, -0.05) is 12.1 Å². The number of nitrogens with one attached hydrogen (secondary N) is 1. The second-order valence-electron chi connectivity index (χ2n) is 4.71. The van der Waals surface area contributed by atoms with Crippen LogP contribution in [-0.2, 0) is 0 Å². The Bertz CT molecular complexity index is 611. The SMILES string of the molecule is Cc1ccc(C)c([NH+]2/C=C\C=C\C=[N+]=C/C=C\C=C\2)c1. The molecule has 20 heavy (non-hydrogen) atoms. The fourth-order valence-electron chi connectivity index (χ4n) is 1.98. The van der Waals surface area contributed by atoms with Crippen LogP contribution in [0.25, 0.3) is 0 Å². The van der Waals surface area contributed by atoms with Crippen LogP contribution in [0.1, 0.15) is 11.1 Å². The second kappa shape index (κ2) is 7.25. The first-order valence-electron chi connectivity index (χ1n) is 6.75. The van der Waals surface area contributed by atoms with Gasteiger partial charge in [-0.2, -0.15) is 0 Å². The maximum absolute atomic E-state index is 4.11. The molecule has 0 aromatic heterocycles. The molecular weight excluding hydrogens is 244 g/mol. The first-order chi connectivity index (χ1) is 9.77. The summed E-state index contributed by atoms with van der Waals surface area (Å²) in [4.78, 5) is 1.21. The van der Waals surface area contributed by atoms with E-state index in [1.165, 1.54) is 21.7 Å². The van der Waals surface area contributed by atoms with Crippen molar-refractivity contribution in [2.45, 2.75) is 13.8 Å². The molecule has 2 rings (SSSR count). The summed E-state index contributed by atoms with van der Waals surface area (Å²) in [5, 5.41) is 0. The minimum absolute atomic E-state index is 1.21. The van der Waals surface area contributed by atoms with Crippen molar-refractivity contribution < 1.29 is 4.90 Å². The third kappa shape index (κ3) is 4.06. The third-order valence-corrected chi connectivity index (χ3v) is 3.04. The van der Waals surface area contributed by atoms with Crippen LogP contribution in [0, 0.1) is 13.8 Å². The Labute approximate surface area is 120 Å². The lowest BCUT2D eigenvalue weighted by Crippen LogP contribution is -2.97. The Morgan fingerprint density at radius 3 is 2.10 bits per heavy atom. The smallest absolute Gasteiger partial charge is 0.250 e. The van der Waals surface area contributed by atoms with Crippen LogP contribution < -0.4 is 9.57 Å². The molecule has 0 bridgehead atoms. The number of quaternary nitrogens is 1. The summed E-state index contributed by atoms with van der Waals surface area (Å²) < 4.78 is 4.11. The van der Waals surface area contributed by atoms with Crippen molar-refractivity contribution in [3.8, 4) is 0 Å². The van der Waals surface area contributed by atoms with Gasteiger partial charge in [0, 0.05) is 23.8 Å². The van der Waals surface area contributed by atoms with Crippen molar-refractivity contribution in [2.24, 2.45) is 0 Å². The molecule has 0 radical (unpaired) electrons. The normalized spacial score (nSPS) is 24.4. The van der Waals surface area contributed by atoms with Gasteiger partial charge in [-0.3, -0.25) is 4.90 Å². The van der Waals surface area contributed by atoms with Gasteiger partial charge in [-0.15, -0.1) is 4.67 Å². The van der Waals surface area contributed by atoms with Gasteiger partial charge in [0.2, 0.25) is 0 Å². The highest BCUT2D eigenvalue weighted by molar-refractivity contribution is 5.79. The molecule has 0 saturated heterocycles. The van der Waals surface area contributed by atoms with E-state index in [4.69, 9.17) is 0 Å². The first-order valence-corrected chi connectivity index (χ1v) is 6.75. The predicted molar refractivity (Wildman–Crippen MR) is 87.4 cm³/mol. The summed E-state index contributed by atoms with van der Waals surface area (Å²) in [6.07, 6.45) is 19.7. The van der Waals surface area contributed by atoms with Gasteiger partial charge >= 0.3 is 0 Å². The lowest BCUT2D eigenvalue weighted by atomic mass is 10.1. The van der Waals surface area contributed by atoms with Crippen molar-refractivity contribution >= 4 is 18.1 Å². The molecule has 1 atom stereocenters. The summed E-state index contributed by atoms with van der Waals surface area (Å²) in [6.45, 7) is 4.27. The standard InChI is InChI=1S/C18H19N2/c1-16-9-10-17(2)18(15-16)20-13-7-3-5-11-19-12-6-4-8-14-20/h3-15H,1-2H3/q+1/p+1/b5-3-,6-4+,7-3?,8-4?,11-5?,12-6?,13-7+,14-8-. The van der Waals surface area contributed by atoms with Crippen LogP contribution in [0.15, 0.2) is 67.1 Å². The number of hydrogen-bond donors (Lipinski definition) is 1. The molecule has 0 fully saturated rings. The summed E-state index contributed by atoms with van der Waals surface area (Å²) in [5.41, 5.74) is 3.83. The molecule has 1 N–H and O–H groups in total. The largest absolute Gasteiger partial charge is 0.292 e. The molecule has 1 aromatic rings. The molecule has 1 unspecified atom stereocenters. The third-order valence-electron chi connectivity index (χ3n) is 3.04. The van der Waals surface area contributed by atoms with Crippen LogP contribution in [0.4, 0.5) is 5.69 Å². The van der Waals surface area contributed by atoms with Crippen LogP contribution in [0.2, 0.25) is 0 Å². The van der Waals surface area contributed by atoms with E-state index >= 15 is 0 Å². The lowest BCUT2D eigenvalue weighted by Gasteiger charge is -2.12. The zero-order valence-corrected chi connectivity index (χ0v) is 12.0. The molecule has 1 heterocycles. The zero-order chi connectivity index (χ0) is 14.2. The maximum Gasteiger partial charge on any atom is 0.292 e. The van der Waals surface area contributed by atoms with E-state index in [0.717, 1.165) is 0 Å². The summed E-state index contributed by atoms with van der Waals surface area (Å²) in [6, 6.07) is 6.54. The molecule has 1 aromatic carbocycles. The number of rotatable bonds is 1. The number of allylic oxidation sites excluding steroid dienone is 6. The van der Waals surface area contributed by atoms with Crippen molar-refractivity contribution in [1.82, 2.24) is 4.67 Å². The highest BCUT2D eigenvalue weighted by Gasteiger charge is 2.09. The van der Waals surface area contributed by atoms with Crippen LogP contribution in [-0.4, -0.2) is 12.4 Å². The molecule has 100 valence electrons. The molecule has 1 aliphatic heterocycles. The summed E-state index contributed by atoms with van der Waals surface area (Å²) in [7, 11) is 0. The molecule has 0 spiro atoms. The Morgan fingerprint density at radius 1 is 0.800 bits per heavy atom. The van der Waals surface area contributed by atoms with Gasteiger partial charge in [0.1, 0.15) is 18.1 Å². The minimum atomic E-state index is 1.21. The average Bonchev–Trinajstić information content (AvgIpc) is 2.42. The van der Waals surface area contributed by atoms with E-state index < -0.39 is 0 Å². The van der Waals surface area contributed by atoms with Gasteiger partial charge in [0.15, 0.2) is 0 Å². The van der Waals surface area contributed by atoms with E-state index in [1.54, 1.807) is 12.4 Å². The fraction of sp³-hybridized carbons (Fsp3) is 0.111. The topological polar surface area (TPSA) is 18.5 Å². The summed E-state index contributed by atoms with van der Waals surface area (Å²) in [5.74, 6) is 0. The molecule has 0 amide bonds. The highest BCUT2D eigenvalue weighted by Crippen LogP contribution is 2.12. The molecule has 0 saturated carbocycles. The first kappa shape index (κ1) is 14.0. The van der Waals surface area contributed by atoms with Gasteiger partial charge < -0.3 is 0 Å². The minimum Gasteiger partial charge on any atom is -0.250 e. The van der Waals surface area contributed by atoms with E-state index in [9.17, 15) is 0 Å².